The molecule has 4 heteroatoms. The number of hydrogen-bond acceptors (Lipinski definition) is 1. The van der Waals surface area contributed by atoms with Gasteiger partial charge in [-0.15, -0.1) is 0 Å². The van der Waals surface area contributed by atoms with Crippen molar-refractivity contribution in [1.29, 1.82) is 0 Å². The molecular formula is C15H22F3N. The molecule has 108 valence electrons. The van der Waals surface area contributed by atoms with Crippen LogP contribution in [0, 0.1) is 23.4 Å². The predicted octanol–water partition coefficient (Wildman–Crippen LogP) is 4.58. The topological polar surface area (TPSA) is 12.0 Å². The summed E-state index contributed by atoms with van der Waals surface area (Å²) in [6.45, 7) is 6.63. The molecule has 0 spiro atoms. The van der Waals surface area contributed by atoms with Crippen molar-refractivity contribution in [2.24, 2.45) is 5.92 Å². The molecule has 1 nitrogen and oxygen atoms in total. The Morgan fingerprint density at radius 2 is 1.53 bits per heavy atom. The monoisotopic (exact) mass is 273 g/mol. The second kappa shape index (κ2) is 7.53. The fourth-order valence-corrected chi connectivity index (χ4v) is 2.39. The van der Waals surface area contributed by atoms with E-state index in [4.69, 9.17) is 0 Å². The summed E-state index contributed by atoms with van der Waals surface area (Å²) in [6, 6.07) is 1.08. The third kappa shape index (κ3) is 4.23. The maximum absolute atomic E-state index is 13.8. The zero-order chi connectivity index (χ0) is 14.4. The average Bonchev–Trinajstić information content (AvgIpc) is 2.34. The molecule has 0 radical (unpaired) electrons. The molecule has 0 saturated heterocycles. The van der Waals surface area contributed by atoms with Gasteiger partial charge < -0.3 is 5.32 Å². The van der Waals surface area contributed by atoms with Gasteiger partial charge in [-0.25, -0.2) is 13.2 Å². The van der Waals surface area contributed by atoms with Gasteiger partial charge in [0.05, 0.1) is 0 Å². The summed E-state index contributed by atoms with van der Waals surface area (Å²) in [5, 5.41) is 3.10. The van der Waals surface area contributed by atoms with Gasteiger partial charge in [0.2, 0.25) is 0 Å². The van der Waals surface area contributed by atoms with Crippen LogP contribution in [0.25, 0.3) is 0 Å². The molecule has 0 heterocycles. The van der Waals surface area contributed by atoms with E-state index < -0.39 is 23.5 Å². The molecule has 0 bridgehead atoms. The molecule has 0 aliphatic rings. The summed E-state index contributed by atoms with van der Waals surface area (Å²) >= 11 is 0. The van der Waals surface area contributed by atoms with Crippen LogP contribution in [0.4, 0.5) is 13.2 Å². The van der Waals surface area contributed by atoms with Crippen molar-refractivity contribution in [2.45, 2.75) is 46.1 Å². The largest absolute Gasteiger partial charge is 0.310 e. The highest BCUT2D eigenvalue weighted by Gasteiger charge is 2.23. The van der Waals surface area contributed by atoms with Gasteiger partial charge in [-0.05, 0) is 18.9 Å². The lowest BCUT2D eigenvalue weighted by Gasteiger charge is -2.24. The standard InChI is InChI=1S/C15H22F3N/c1-4-10(5-2)7-14(19-6-3)15-12(17)8-11(16)9-13(15)18/h8-10,14,19H,4-7H2,1-3H3. The van der Waals surface area contributed by atoms with Gasteiger partial charge in [-0.1, -0.05) is 33.6 Å². The summed E-state index contributed by atoms with van der Waals surface area (Å²) in [7, 11) is 0. The van der Waals surface area contributed by atoms with Crippen LogP contribution in [0.5, 0.6) is 0 Å². The molecule has 0 amide bonds. The van der Waals surface area contributed by atoms with Gasteiger partial charge in [0, 0.05) is 23.7 Å². The molecule has 19 heavy (non-hydrogen) atoms. The highest BCUT2D eigenvalue weighted by atomic mass is 19.1. The van der Waals surface area contributed by atoms with Crippen molar-refractivity contribution in [3.05, 3.63) is 35.1 Å². The normalized spacial score (nSPS) is 13.0. The second-order valence-corrected chi connectivity index (χ2v) is 4.81. The number of benzene rings is 1. The van der Waals surface area contributed by atoms with E-state index in [0.717, 1.165) is 25.0 Å². The van der Waals surface area contributed by atoms with Crippen LogP contribution >= 0.6 is 0 Å². The van der Waals surface area contributed by atoms with Crippen LogP contribution < -0.4 is 5.32 Å². The lowest BCUT2D eigenvalue weighted by Crippen LogP contribution is -2.25. The number of rotatable bonds is 7. The Bertz CT molecular complexity index is 379. The summed E-state index contributed by atoms with van der Waals surface area (Å²) in [6.07, 6.45) is 2.58. The van der Waals surface area contributed by atoms with Crippen LogP contribution in [-0.4, -0.2) is 6.54 Å². The zero-order valence-corrected chi connectivity index (χ0v) is 11.8. The van der Waals surface area contributed by atoms with Gasteiger partial charge in [0.15, 0.2) is 0 Å². The molecule has 1 aromatic rings. The second-order valence-electron chi connectivity index (χ2n) is 4.81. The highest BCUT2D eigenvalue weighted by Crippen LogP contribution is 2.29. The SMILES string of the molecule is CCNC(CC(CC)CC)c1c(F)cc(F)cc1F. The average molecular weight is 273 g/mol. The van der Waals surface area contributed by atoms with Crippen LogP contribution in [0.3, 0.4) is 0 Å². The predicted molar refractivity (Wildman–Crippen MR) is 71.4 cm³/mol. The number of hydrogen-bond donors (Lipinski definition) is 1. The molecule has 0 aliphatic heterocycles. The smallest absolute Gasteiger partial charge is 0.133 e. The Kier molecular flexibility index (Phi) is 6.35. The molecule has 1 rings (SSSR count). The Hall–Kier alpha value is -1.03. The number of halogens is 3. The van der Waals surface area contributed by atoms with Crippen molar-refractivity contribution in [3.63, 3.8) is 0 Å². The summed E-state index contributed by atoms with van der Waals surface area (Å²) in [4.78, 5) is 0. The van der Waals surface area contributed by atoms with Gasteiger partial charge in [-0.3, -0.25) is 0 Å². The first-order valence-corrected chi connectivity index (χ1v) is 6.91. The van der Waals surface area contributed by atoms with Gasteiger partial charge >= 0.3 is 0 Å². The Morgan fingerprint density at radius 3 is 1.95 bits per heavy atom. The minimum absolute atomic E-state index is 0.0462. The first-order valence-electron chi connectivity index (χ1n) is 6.91. The molecule has 0 aliphatic carbocycles. The van der Waals surface area contributed by atoms with Crippen LogP contribution in [0.1, 0.15) is 51.6 Å². The maximum Gasteiger partial charge on any atom is 0.133 e. The van der Waals surface area contributed by atoms with E-state index in [2.05, 4.69) is 19.2 Å². The minimum Gasteiger partial charge on any atom is -0.310 e. The molecule has 1 N–H and O–H groups in total. The molecule has 0 aromatic heterocycles. The fraction of sp³-hybridized carbons (Fsp3) is 0.600. The Morgan fingerprint density at radius 1 is 1.00 bits per heavy atom. The van der Waals surface area contributed by atoms with Crippen molar-refractivity contribution in [1.82, 2.24) is 5.32 Å². The molecule has 1 unspecified atom stereocenters. The van der Waals surface area contributed by atoms with E-state index in [9.17, 15) is 13.2 Å². The van der Waals surface area contributed by atoms with E-state index in [0.29, 0.717) is 18.9 Å². The molecule has 1 aromatic carbocycles. The third-order valence-electron chi connectivity index (χ3n) is 3.57. The van der Waals surface area contributed by atoms with Gasteiger partial charge in [0.1, 0.15) is 17.5 Å². The Balaban J connectivity index is 3.05. The quantitative estimate of drug-likeness (QED) is 0.766. The van der Waals surface area contributed by atoms with E-state index in [1.54, 1.807) is 0 Å². The van der Waals surface area contributed by atoms with E-state index in [1.165, 1.54) is 0 Å². The molecule has 1 atom stereocenters. The molecule has 0 fully saturated rings. The maximum atomic E-state index is 13.8. The van der Waals surface area contributed by atoms with Crippen LogP contribution in [0.15, 0.2) is 12.1 Å². The van der Waals surface area contributed by atoms with E-state index >= 15 is 0 Å². The Labute approximate surface area is 113 Å². The van der Waals surface area contributed by atoms with E-state index in [1.807, 2.05) is 6.92 Å². The fourth-order valence-electron chi connectivity index (χ4n) is 2.39. The first-order chi connectivity index (χ1) is 9.03. The first kappa shape index (κ1) is 16.0. The van der Waals surface area contributed by atoms with Crippen molar-refractivity contribution >= 4 is 0 Å². The number of nitrogens with one attached hydrogen (secondary N) is 1. The van der Waals surface area contributed by atoms with Crippen molar-refractivity contribution < 1.29 is 13.2 Å². The van der Waals surface area contributed by atoms with Crippen LogP contribution in [-0.2, 0) is 0 Å². The summed E-state index contributed by atoms with van der Waals surface area (Å²) in [5.74, 6) is -2.10. The van der Waals surface area contributed by atoms with Crippen molar-refractivity contribution in [2.75, 3.05) is 6.54 Å². The minimum atomic E-state index is -0.878. The van der Waals surface area contributed by atoms with Crippen molar-refractivity contribution in [3.8, 4) is 0 Å². The zero-order valence-electron chi connectivity index (χ0n) is 11.8. The molecular weight excluding hydrogens is 251 g/mol. The van der Waals surface area contributed by atoms with Crippen LogP contribution in [0.2, 0.25) is 0 Å². The van der Waals surface area contributed by atoms with E-state index in [-0.39, 0.29) is 5.56 Å². The lowest BCUT2D eigenvalue weighted by molar-refractivity contribution is 0.357. The molecule has 0 saturated carbocycles. The summed E-state index contributed by atoms with van der Waals surface area (Å²) in [5.41, 5.74) is -0.0462. The summed E-state index contributed by atoms with van der Waals surface area (Å²) < 4.78 is 40.6. The third-order valence-corrected chi connectivity index (χ3v) is 3.57. The van der Waals surface area contributed by atoms with Gasteiger partial charge in [-0.2, -0.15) is 0 Å². The van der Waals surface area contributed by atoms with Gasteiger partial charge in [0.25, 0.3) is 0 Å². The lowest BCUT2D eigenvalue weighted by atomic mass is 9.90. The highest BCUT2D eigenvalue weighted by molar-refractivity contribution is 5.24.